The summed E-state index contributed by atoms with van der Waals surface area (Å²) in [5.74, 6) is -13.9. The molecule has 3 atom stereocenters. The number of anilines is 1. The molecule has 0 aliphatic carbocycles. The van der Waals surface area contributed by atoms with Crippen molar-refractivity contribution in [3.8, 4) is 5.69 Å². The first-order chi connectivity index (χ1) is 19.6. The van der Waals surface area contributed by atoms with E-state index >= 15 is 4.39 Å². The molecule has 234 valence electrons. The average Bonchev–Trinajstić information content (AvgIpc) is 3.19. The highest BCUT2D eigenvalue weighted by molar-refractivity contribution is 5.97. The van der Waals surface area contributed by atoms with Crippen LogP contribution in [-0.4, -0.2) is 69.1 Å². The first-order valence-corrected chi connectivity index (χ1v) is 12.4. The maximum Gasteiger partial charge on any atom is 0.455 e. The van der Waals surface area contributed by atoms with Gasteiger partial charge in [0.1, 0.15) is 23.1 Å². The van der Waals surface area contributed by atoms with Crippen LogP contribution in [0, 0.1) is 28.7 Å². The van der Waals surface area contributed by atoms with Crippen LogP contribution < -0.4 is 15.6 Å². The Hall–Kier alpha value is -3.86. The van der Waals surface area contributed by atoms with E-state index in [0.29, 0.717) is 16.8 Å². The lowest BCUT2D eigenvalue weighted by molar-refractivity contribution is -0.300. The molecule has 1 aliphatic heterocycles. The lowest BCUT2D eigenvalue weighted by atomic mass is 9.82. The van der Waals surface area contributed by atoms with Crippen LogP contribution in [0.5, 0.6) is 0 Å². The van der Waals surface area contributed by atoms with Gasteiger partial charge in [-0.2, -0.15) is 22.0 Å². The Kier molecular flexibility index (Phi) is 7.97. The van der Waals surface area contributed by atoms with E-state index in [9.17, 15) is 54.9 Å². The number of pyridine rings is 2. The van der Waals surface area contributed by atoms with Crippen molar-refractivity contribution in [2.24, 2.45) is 5.41 Å². The fourth-order valence-corrected chi connectivity index (χ4v) is 4.70. The van der Waals surface area contributed by atoms with Crippen LogP contribution in [0.15, 0.2) is 29.2 Å². The van der Waals surface area contributed by atoms with Gasteiger partial charge in [-0.1, -0.05) is 20.8 Å². The lowest BCUT2D eigenvalue weighted by Crippen LogP contribution is -2.61. The molecule has 0 spiro atoms. The molecular formula is C26H23F9N4O4. The highest BCUT2D eigenvalue weighted by atomic mass is 19.4. The summed E-state index contributed by atoms with van der Waals surface area (Å²) in [6.07, 6.45) is -8.44. The number of amides is 1. The molecule has 1 saturated heterocycles. The van der Waals surface area contributed by atoms with Crippen LogP contribution in [-0.2, 0) is 0 Å². The second-order valence-electron chi connectivity index (χ2n) is 11.1. The van der Waals surface area contributed by atoms with E-state index in [4.69, 9.17) is 0 Å². The summed E-state index contributed by atoms with van der Waals surface area (Å²) in [5, 5.41) is 20.3. The maximum absolute atomic E-state index is 15.2. The van der Waals surface area contributed by atoms with Gasteiger partial charge in [0, 0.05) is 31.4 Å². The SMILES string of the molecule is CC(C)(C)C(NC(=O)c1cn(-c2c(F)cc(F)cc2F)c2nc(N3C[C@@H](O)[C@H](O)C3)c(F)cc2c1=O)C(F)(F)C(F)(F)F. The van der Waals surface area contributed by atoms with Crippen LogP contribution in [0.25, 0.3) is 16.7 Å². The van der Waals surface area contributed by atoms with Gasteiger partial charge in [0.2, 0.25) is 5.43 Å². The predicted molar refractivity (Wildman–Crippen MR) is 133 cm³/mol. The molecule has 0 radical (unpaired) electrons. The Bertz CT molecular complexity index is 1620. The third kappa shape index (κ3) is 5.74. The third-order valence-corrected chi connectivity index (χ3v) is 6.82. The van der Waals surface area contributed by atoms with Crippen molar-refractivity contribution in [3.63, 3.8) is 0 Å². The van der Waals surface area contributed by atoms with E-state index in [1.165, 1.54) is 5.32 Å². The van der Waals surface area contributed by atoms with Crippen molar-refractivity contribution >= 4 is 22.8 Å². The van der Waals surface area contributed by atoms with Gasteiger partial charge in [-0.15, -0.1) is 0 Å². The monoisotopic (exact) mass is 626 g/mol. The lowest BCUT2D eigenvalue weighted by Gasteiger charge is -2.37. The van der Waals surface area contributed by atoms with E-state index in [2.05, 4.69) is 4.98 Å². The van der Waals surface area contributed by atoms with Gasteiger partial charge in [-0.25, -0.2) is 22.5 Å². The van der Waals surface area contributed by atoms with Gasteiger partial charge in [-0.05, 0) is 11.5 Å². The molecule has 0 bridgehead atoms. The zero-order chi connectivity index (χ0) is 32.4. The third-order valence-electron chi connectivity index (χ3n) is 6.82. The molecule has 17 heteroatoms. The van der Waals surface area contributed by atoms with Gasteiger partial charge in [0.15, 0.2) is 28.9 Å². The number of hydrogen-bond acceptors (Lipinski definition) is 6. The molecule has 3 heterocycles. The molecule has 43 heavy (non-hydrogen) atoms. The Morgan fingerprint density at radius 1 is 0.953 bits per heavy atom. The number of nitrogens with zero attached hydrogens (tertiary/aromatic N) is 3. The molecule has 8 nitrogen and oxygen atoms in total. The number of carbonyl (C=O) groups excluding carboxylic acids is 1. The predicted octanol–water partition coefficient (Wildman–Crippen LogP) is 3.83. The van der Waals surface area contributed by atoms with Crippen molar-refractivity contribution in [1.82, 2.24) is 14.9 Å². The number of hydrogen-bond donors (Lipinski definition) is 3. The van der Waals surface area contributed by atoms with E-state index in [0.717, 1.165) is 25.7 Å². The molecule has 3 N–H and O–H groups in total. The topological polar surface area (TPSA) is 108 Å². The normalized spacial score (nSPS) is 18.8. The Morgan fingerprint density at radius 2 is 1.49 bits per heavy atom. The van der Waals surface area contributed by atoms with Crippen LogP contribution in [0.1, 0.15) is 31.1 Å². The van der Waals surface area contributed by atoms with Crippen molar-refractivity contribution in [3.05, 3.63) is 63.5 Å². The average molecular weight is 626 g/mol. The Morgan fingerprint density at radius 3 is 1.98 bits per heavy atom. The molecule has 3 aromatic rings. The van der Waals surface area contributed by atoms with Crippen molar-refractivity contribution in [2.75, 3.05) is 18.0 Å². The quantitative estimate of drug-likeness (QED) is 0.372. The van der Waals surface area contributed by atoms with E-state index < -0.39 is 98.5 Å². The molecule has 1 aromatic carbocycles. The number of nitrogens with one attached hydrogen (secondary N) is 1. The highest BCUT2D eigenvalue weighted by Gasteiger charge is 2.65. The van der Waals surface area contributed by atoms with E-state index in [-0.39, 0.29) is 25.2 Å². The smallest absolute Gasteiger partial charge is 0.389 e. The minimum absolute atomic E-state index is 0.208. The second kappa shape index (κ2) is 10.7. The summed E-state index contributed by atoms with van der Waals surface area (Å²) in [6.45, 7) is 2.14. The fourth-order valence-electron chi connectivity index (χ4n) is 4.70. The highest BCUT2D eigenvalue weighted by Crippen LogP contribution is 2.44. The summed E-state index contributed by atoms with van der Waals surface area (Å²) in [6, 6.07) is -2.08. The standard InChI is InChI=1S/C26H23F9N4O4/c1-24(2,3)23(25(31,32)26(33,34)35)37-22(43)12-7-39(18-13(28)4-10(27)5-14(18)29)20-11(19(12)42)6-15(30)21(36-20)38-8-16(40)17(41)9-38/h4-7,16-17,23,40-41H,8-9H2,1-3H3,(H,37,43)/t16-,17-,23?/m1/s1. The van der Waals surface area contributed by atoms with Gasteiger partial charge in [0.25, 0.3) is 5.91 Å². The van der Waals surface area contributed by atoms with Gasteiger partial charge in [-0.3, -0.25) is 14.2 Å². The van der Waals surface area contributed by atoms with E-state index in [1.54, 1.807) is 0 Å². The number of halogens is 9. The summed E-state index contributed by atoms with van der Waals surface area (Å²) in [7, 11) is 0. The van der Waals surface area contributed by atoms with E-state index in [1.807, 2.05) is 0 Å². The maximum atomic E-state index is 15.2. The number of aliphatic hydroxyl groups is 2. The number of β-amino-alcohol motifs (C(OH)–C–C–N with tert-alkyl or cyclic N) is 2. The molecule has 1 amide bonds. The van der Waals surface area contributed by atoms with Crippen LogP contribution in [0.3, 0.4) is 0 Å². The zero-order valence-electron chi connectivity index (χ0n) is 22.4. The van der Waals surface area contributed by atoms with Crippen molar-refractivity contribution in [1.29, 1.82) is 0 Å². The fraction of sp³-hybridized carbons (Fsp3) is 0.423. The molecule has 1 fully saturated rings. The van der Waals surface area contributed by atoms with Gasteiger partial charge in [0.05, 0.1) is 17.6 Å². The summed E-state index contributed by atoms with van der Waals surface area (Å²) in [4.78, 5) is 31.4. The second-order valence-corrected chi connectivity index (χ2v) is 11.1. The van der Waals surface area contributed by atoms with Crippen LogP contribution >= 0.6 is 0 Å². The van der Waals surface area contributed by atoms with Crippen molar-refractivity contribution < 1.29 is 54.5 Å². The molecule has 1 aliphatic rings. The van der Waals surface area contributed by atoms with Crippen LogP contribution in [0.2, 0.25) is 0 Å². The molecule has 1 unspecified atom stereocenters. The van der Waals surface area contributed by atoms with Crippen LogP contribution in [0.4, 0.5) is 45.3 Å². The number of benzene rings is 1. The van der Waals surface area contributed by atoms with Gasteiger partial charge < -0.3 is 20.4 Å². The summed E-state index contributed by atoms with van der Waals surface area (Å²) >= 11 is 0. The molecule has 0 saturated carbocycles. The Labute approximate surface area is 236 Å². The first kappa shape index (κ1) is 32.1. The number of fused-ring (bicyclic) bond motifs is 1. The van der Waals surface area contributed by atoms with Crippen molar-refractivity contribution in [2.45, 2.75) is 51.1 Å². The summed E-state index contributed by atoms with van der Waals surface area (Å²) < 4.78 is 128. The minimum Gasteiger partial charge on any atom is -0.389 e. The molecule has 4 rings (SSSR count). The number of rotatable bonds is 5. The first-order valence-electron chi connectivity index (χ1n) is 12.4. The number of carbonyl (C=O) groups is 1. The number of aromatic nitrogens is 2. The summed E-state index contributed by atoms with van der Waals surface area (Å²) in [5.41, 5.74) is -6.57. The minimum atomic E-state index is -6.14. The van der Waals surface area contributed by atoms with Gasteiger partial charge >= 0.3 is 12.1 Å². The Balaban J connectivity index is 1.98. The molecule has 2 aromatic heterocycles. The number of aliphatic hydroxyl groups excluding tert-OH is 2. The molecular weight excluding hydrogens is 603 g/mol. The largest absolute Gasteiger partial charge is 0.455 e. The zero-order valence-corrected chi connectivity index (χ0v) is 22.4. The number of alkyl halides is 5.